The van der Waals surface area contributed by atoms with Crippen LogP contribution < -0.4 is 4.90 Å². The van der Waals surface area contributed by atoms with E-state index in [1.807, 2.05) is 16.2 Å². The van der Waals surface area contributed by atoms with Gasteiger partial charge in [-0.25, -0.2) is 9.97 Å². The van der Waals surface area contributed by atoms with E-state index >= 15 is 0 Å². The van der Waals surface area contributed by atoms with Crippen LogP contribution in [0, 0.1) is 10.1 Å². The van der Waals surface area contributed by atoms with Crippen LogP contribution >= 0.6 is 11.3 Å². The summed E-state index contributed by atoms with van der Waals surface area (Å²) < 4.78 is 0. The van der Waals surface area contributed by atoms with Crippen molar-refractivity contribution in [1.29, 1.82) is 0 Å². The molecule has 0 radical (unpaired) electrons. The molecule has 178 valence electrons. The predicted octanol–water partition coefficient (Wildman–Crippen LogP) is 4.95. The molecule has 0 saturated carbocycles. The van der Waals surface area contributed by atoms with E-state index in [1.54, 1.807) is 0 Å². The Balaban J connectivity index is 1.40. The Kier molecular flexibility index (Phi) is 6.20. The Morgan fingerprint density at radius 3 is 2.41 bits per heavy atom. The molecule has 0 atom stereocenters. The average Bonchev–Trinajstić information content (AvgIpc) is 3.04. The molecule has 1 aliphatic heterocycles. The molecule has 2 aliphatic rings. The van der Waals surface area contributed by atoms with E-state index in [9.17, 15) is 14.9 Å². The highest BCUT2D eigenvalue weighted by Crippen LogP contribution is 2.40. The van der Waals surface area contributed by atoms with E-state index in [2.05, 4.69) is 18.7 Å². The van der Waals surface area contributed by atoms with Gasteiger partial charge in [-0.05, 0) is 43.4 Å². The number of benzene rings is 1. The third-order valence-corrected chi connectivity index (χ3v) is 7.96. The van der Waals surface area contributed by atoms with Gasteiger partial charge in [0, 0.05) is 54.7 Å². The molecule has 8 nitrogen and oxygen atoms in total. The minimum atomic E-state index is -0.452. The number of nitro benzene ring substituents is 1. The normalized spacial score (nSPS) is 16.6. The maximum Gasteiger partial charge on any atom is 0.269 e. The number of piperazine rings is 1. The van der Waals surface area contributed by atoms with Crippen molar-refractivity contribution in [2.45, 2.75) is 51.9 Å². The zero-order chi connectivity index (χ0) is 23.8. The van der Waals surface area contributed by atoms with Gasteiger partial charge in [-0.2, -0.15) is 0 Å². The zero-order valence-corrected chi connectivity index (χ0v) is 20.4. The van der Waals surface area contributed by atoms with Crippen LogP contribution in [0.25, 0.3) is 10.2 Å². The van der Waals surface area contributed by atoms with Gasteiger partial charge in [-0.15, -0.1) is 11.3 Å². The van der Waals surface area contributed by atoms with Crippen LogP contribution in [0.15, 0.2) is 24.3 Å². The molecule has 9 heteroatoms. The van der Waals surface area contributed by atoms with E-state index in [-0.39, 0.29) is 17.5 Å². The number of aryl methyl sites for hydroxylation is 2. The molecule has 1 aliphatic carbocycles. The van der Waals surface area contributed by atoms with E-state index in [0.717, 1.165) is 29.3 Å². The van der Waals surface area contributed by atoms with E-state index < -0.39 is 4.92 Å². The summed E-state index contributed by atoms with van der Waals surface area (Å²) in [6.07, 6.45) is 5.94. The quantitative estimate of drug-likeness (QED) is 0.299. The van der Waals surface area contributed by atoms with Gasteiger partial charge in [0.15, 0.2) is 0 Å². The maximum atomic E-state index is 13.0. The van der Waals surface area contributed by atoms with Crippen molar-refractivity contribution in [2.24, 2.45) is 0 Å². The molecule has 1 amide bonds. The average molecular weight is 480 g/mol. The number of carbonyl (C=O) groups is 1. The van der Waals surface area contributed by atoms with Crippen molar-refractivity contribution in [2.75, 3.05) is 31.1 Å². The Morgan fingerprint density at radius 2 is 1.74 bits per heavy atom. The summed E-state index contributed by atoms with van der Waals surface area (Å²) >= 11 is 1.84. The highest BCUT2D eigenvalue weighted by Gasteiger charge is 2.28. The van der Waals surface area contributed by atoms with Crippen molar-refractivity contribution >= 4 is 39.0 Å². The molecule has 0 spiro atoms. The molecule has 5 rings (SSSR count). The van der Waals surface area contributed by atoms with Crippen LogP contribution in [-0.4, -0.2) is 51.9 Å². The van der Waals surface area contributed by atoms with Gasteiger partial charge in [0.25, 0.3) is 11.6 Å². The summed E-state index contributed by atoms with van der Waals surface area (Å²) in [6.45, 7) is 6.84. The first-order chi connectivity index (χ1) is 16.4. The van der Waals surface area contributed by atoms with Crippen LogP contribution in [0.2, 0.25) is 0 Å². The Labute approximate surface area is 202 Å². The summed E-state index contributed by atoms with van der Waals surface area (Å²) in [5.41, 5.74) is 1.91. The van der Waals surface area contributed by atoms with Crippen molar-refractivity contribution in [1.82, 2.24) is 14.9 Å². The summed E-state index contributed by atoms with van der Waals surface area (Å²) in [5.74, 6) is 2.06. The topological polar surface area (TPSA) is 92.5 Å². The second kappa shape index (κ2) is 9.29. The fourth-order valence-corrected chi connectivity index (χ4v) is 6.11. The summed E-state index contributed by atoms with van der Waals surface area (Å²) in [6, 6.07) is 5.85. The third-order valence-electron chi connectivity index (χ3n) is 6.77. The number of rotatable bonds is 4. The summed E-state index contributed by atoms with van der Waals surface area (Å²) in [7, 11) is 0. The van der Waals surface area contributed by atoms with Gasteiger partial charge >= 0.3 is 0 Å². The zero-order valence-electron chi connectivity index (χ0n) is 19.6. The first-order valence-electron chi connectivity index (χ1n) is 12.0. The van der Waals surface area contributed by atoms with Gasteiger partial charge in [0.2, 0.25) is 0 Å². The van der Waals surface area contributed by atoms with Crippen molar-refractivity contribution in [3.8, 4) is 0 Å². The first kappa shape index (κ1) is 22.7. The molecular formula is C25H29N5O3S. The minimum absolute atomic E-state index is 0.00926. The van der Waals surface area contributed by atoms with Gasteiger partial charge < -0.3 is 9.80 Å². The Hall–Kier alpha value is -3.07. The molecule has 34 heavy (non-hydrogen) atoms. The molecule has 2 aromatic heterocycles. The molecule has 1 saturated heterocycles. The van der Waals surface area contributed by atoms with Crippen molar-refractivity contribution in [3.05, 3.63) is 56.2 Å². The highest BCUT2D eigenvalue weighted by atomic mass is 32.1. The van der Waals surface area contributed by atoms with E-state index in [4.69, 9.17) is 9.97 Å². The van der Waals surface area contributed by atoms with Gasteiger partial charge in [-0.3, -0.25) is 14.9 Å². The number of non-ortho nitro benzene ring substituents is 1. The van der Waals surface area contributed by atoms with E-state index in [0.29, 0.717) is 31.7 Å². The van der Waals surface area contributed by atoms with Crippen LogP contribution in [-0.2, 0) is 12.8 Å². The fourth-order valence-electron chi connectivity index (χ4n) is 4.85. The lowest BCUT2D eigenvalue weighted by Gasteiger charge is -2.36. The Morgan fingerprint density at radius 1 is 1.03 bits per heavy atom. The van der Waals surface area contributed by atoms with Gasteiger partial charge in [0.1, 0.15) is 16.5 Å². The number of hydrogen-bond donors (Lipinski definition) is 0. The molecule has 0 N–H and O–H groups in total. The number of fused-ring (bicyclic) bond motifs is 3. The SMILES string of the molecule is CC(C)c1nc(N2CCN(C(=O)c3ccc([N+](=O)[O-])cc3)CC2)c2c3c(sc2n1)CCCCC3. The third kappa shape index (κ3) is 4.24. The number of nitro groups is 1. The predicted molar refractivity (Wildman–Crippen MR) is 134 cm³/mol. The molecule has 3 heterocycles. The maximum absolute atomic E-state index is 13.0. The fraction of sp³-hybridized carbons (Fsp3) is 0.480. The second-order valence-corrected chi connectivity index (χ2v) is 10.5. The smallest absolute Gasteiger partial charge is 0.269 e. The summed E-state index contributed by atoms with van der Waals surface area (Å²) in [4.78, 5) is 40.1. The number of amides is 1. The lowest BCUT2D eigenvalue weighted by Crippen LogP contribution is -2.49. The first-order valence-corrected chi connectivity index (χ1v) is 12.8. The lowest BCUT2D eigenvalue weighted by molar-refractivity contribution is -0.384. The standard InChI is InChI=1S/C25H29N5O3S/c1-16(2)22-26-23(21-19-6-4-3-5-7-20(19)34-24(21)27-22)28-12-14-29(15-13-28)25(31)17-8-10-18(11-9-17)30(32)33/h8-11,16H,3-7,12-15H2,1-2H3. The minimum Gasteiger partial charge on any atom is -0.352 e. The van der Waals surface area contributed by atoms with Gasteiger partial charge in [-0.1, -0.05) is 20.3 Å². The van der Waals surface area contributed by atoms with Crippen molar-refractivity contribution in [3.63, 3.8) is 0 Å². The van der Waals surface area contributed by atoms with Crippen LogP contribution in [0.3, 0.4) is 0 Å². The molecular weight excluding hydrogens is 450 g/mol. The Bertz CT molecular complexity index is 1230. The number of hydrogen-bond acceptors (Lipinski definition) is 7. The highest BCUT2D eigenvalue weighted by molar-refractivity contribution is 7.19. The second-order valence-electron chi connectivity index (χ2n) is 9.39. The van der Waals surface area contributed by atoms with Crippen LogP contribution in [0.5, 0.6) is 0 Å². The number of aromatic nitrogens is 2. The largest absolute Gasteiger partial charge is 0.352 e. The van der Waals surface area contributed by atoms with Crippen LogP contribution in [0.4, 0.5) is 11.5 Å². The molecule has 1 fully saturated rings. The molecule has 0 unspecified atom stereocenters. The summed E-state index contributed by atoms with van der Waals surface area (Å²) in [5, 5.41) is 12.1. The van der Waals surface area contributed by atoms with Crippen molar-refractivity contribution < 1.29 is 9.72 Å². The monoisotopic (exact) mass is 479 g/mol. The number of carbonyl (C=O) groups excluding carboxylic acids is 1. The van der Waals surface area contributed by atoms with Gasteiger partial charge in [0.05, 0.1) is 10.3 Å². The molecule has 3 aromatic rings. The van der Waals surface area contributed by atoms with E-state index in [1.165, 1.54) is 59.4 Å². The lowest BCUT2D eigenvalue weighted by atomic mass is 10.1. The number of thiophene rings is 1. The molecule has 0 bridgehead atoms. The van der Waals surface area contributed by atoms with Crippen LogP contribution in [0.1, 0.15) is 65.7 Å². The number of nitrogens with zero attached hydrogens (tertiary/aromatic N) is 5. The number of anilines is 1. The molecule has 1 aromatic carbocycles.